The molecule has 4 heteroatoms. The van der Waals surface area contributed by atoms with Gasteiger partial charge in [0.05, 0.1) is 6.42 Å². The van der Waals surface area contributed by atoms with E-state index in [0.717, 1.165) is 37.2 Å². The zero-order chi connectivity index (χ0) is 15.7. The lowest BCUT2D eigenvalue weighted by atomic mass is 9.97. The number of amides is 2. The third kappa shape index (κ3) is 3.01. The highest BCUT2D eigenvalue weighted by molar-refractivity contribution is 5.96. The van der Waals surface area contributed by atoms with E-state index < -0.39 is 0 Å². The van der Waals surface area contributed by atoms with Crippen molar-refractivity contribution in [3.63, 3.8) is 0 Å². The SMILES string of the molecule is CC1CCCN(C(=O)Cc2ccc3c(c2)CCC(=O)N3C)C1. The standard InChI is InChI=1S/C18H24N2O2/c1-13-4-3-9-20(12-13)18(22)11-14-5-7-16-15(10-14)6-8-17(21)19(16)2/h5,7,10,13H,3-4,6,8-9,11-12H2,1-2H3. The number of piperidine rings is 1. The van der Waals surface area contributed by atoms with E-state index in [1.165, 1.54) is 12.0 Å². The van der Waals surface area contributed by atoms with Gasteiger partial charge in [0.15, 0.2) is 0 Å². The molecule has 1 saturated heterocycles. The zero-order valence-electron chi connectivity index (χ0n) is 13.5. The summed E-state index contributed by atoms with van der Waals surface area (Å²) in [5.74, 6) is 1.01. The van der Waals surface area contributed by atoms with Gasteiger partial charge in [-0.05, 0) is 42.4 Å². The van der Waals surface area contributed by atoms with E-state index in [0.29, 0.717) is 18.8 Å². The third-order valence-corrected chi connectivity index (χ3v) is 4.85. The molecule has 2 aliphatic heterocycles. The average molecular weight is 300 g/mol. The molecule has 0 aromatic heterocycles. The second-order valence-corrected chi connectivity index (χ2v) is 6.68. The Hall–Kier alpha value is -1.84. The number of anilines is 1. The van der Waals surface area contributed by atoms with Crippen molar-refractivity contribution in [1.29, 1.82) is 0 Å². The molecule has 1 atom stereocenters. The minimum atomic E-state index is 0.165. The van der Waals surface area contributed by atoms with Crippen molar-refractivity contribution >= 4 is 17.5 Å². The number of fused-ring (bicyclic) bond motifs is 1. The molecule has 1 aromatic rings. The molecule has 1 unspecified atom stereocenters. The van der Waals surface area contributed by atoms with Crippen molar-refractivity contribution in [2.75, 3.05) is 25.0 Å². The van der Waals surface area contributed by atoms with Crippen LogP contribution in [-0.2, 0) is 22.4 Å². The molecule has 3 rings (SSSR count). The van der Waals surface area contributed by atoms with Crippen LogP contribution in [0.5, 0.6) is 0 Å². The molecule has 2 amide bonds. The average Bonchev–Trinajstić information content (AvgIpc) is 2.51. The Morgan fingerprint density at radius 3 is 2.91 bits per heavy atom. The molecule has 118 valence electrons. The van der Waals surface area contributed by atoms with Gasteiger partial charge in [0.25, 0.3) is 0 Å². The number of benzene rings is 1. The maximum atomic E-state index is 12.5. The van der Waals surface area contributed by atoms with Gasteiger partial charge in [-0.25, -0.2) is 0 Å². The van der Waals surface area contributed by atoms with Crippen LogP contribution < -0.4 is 4.90 Å². The fourth-order valence-electron chi connectivity index (χ4n) is 3.52. The second-order valence-electron chi connectivity index (χ2n) is 6.68. The van der Waals surface area contributed by atoms with Gasteiger partial charge >= 0.3 is 0 Å². The molecular weight excluding hydrogens is 276 g/mol. The van der Waals surface area contributed by atoms with Crippen LogP contribution in [0.2, 0.25) is 0 Å². The van der Waals surface area contributed by atoms with Crippen molar-refractivity contribution in [2.24, 2.45) is 5.92 Å². The molecule has 1 fully saturated rings. The summed E-state index contributed by atoms with van der Waals surface area (Å²) >= 11 is 0. The van der Waals surface area contributed by atoms with Gasteiger partial charge in [-0.15, -0.1) is 0 Å². The number of hydrogen-bond acceptors (Lipinski definition) is 2. The molecule has 0 radical (unpaired) electrons. The predicted molar refractivity (Wildman–Crippen MR) is 86.9 cm³/mol. The lowest BCUT2D eigenvalue weighted by molar-refractivity contribution is -0.132. The molecule has 0 bridgehead atoms. The summed E-state index contributed by atoms with van der Waals surface area (Å²) in [5.41, 5.74) is 3.23. The first-order valence-corrected chi connectivity index (χ1v) is 8.20. The smallest absolute Gasteiger partial charge is 0.227 e. The van der Waals surface area contributed by atoms with Crippen LogP contribution in [0.4, 0.5) is 5.69 Å². The van der Waals surface area contributed by atoms with Crippen LogP contribution in [0.25, 0.3) is 0 Å². The van der Waals surface area contributed by atoms with E-state index in [4.69, 9.17) is 0 Å². The summed E-state index contributed by atoms with van der Waals surface area (Å²) in [6.07, 6.45) is 4.15. The fraction of sp³-hybridized carbons (Fsp3) is 0.556. The number of hydrogen-bond donors (Lipinski definition) is 0. The number of carbonyl (C=O) groups is 2. The molecule has 22 heavy (non-hydrogen) atoms. The number of nitrogens with zero attached hydrogens (tertiary/aromatic N) is 2. The number of carbonyl (C=O) groups excluding carboxylic acids is 2. The Kier molecular flexibility index (Phi) is 4.19. The fourth-order valence-corrected chi connectivity index (χ4v) is 3.52. The zero-order valence-corrected chi connectivity index (χ0v) is 13.5. The van der Waals surface area contributed by atoms with Crippen LogP contribution in [0.1, 0.15) is 37.3 Å². The highest BCUT2D eigenvalue weighted by atomic mass is 16.2. The minimum absolute atomic E-state index is 0.165. The first-order valence-electron chi connectivity index (χ1n) is 8.20. The normalized spacial score (nSPS) is 21.7. The second kappa shape index (κ2) is 6.11. The first-order chi connectivity index (χ1) is 10.5. The van der Waals surface area contributed by atoms with Gasteiger partial charge in [-0.3, -0.25) is 9.59 Å². The highest BCUT2D eigenvalue weighted by Gasteiger charge is 2.23. The quantitative estimate of drug-likeness (QED) is 0.841. The minimum Gasteiger partial charge on any atom is -0.342 e. The highest BCUT2D eigenvalue weighted by Crippen LogP contribution is 2.28. The Morgan fingerprint density at radius 1 is 1.32 bits per heavy atom. The van der Waals surface area contributed by atoms with Crippen molar-refractivity contribution in [3.8, 4) is 0 Å². The number of aryl methyl sites for hydroxylation is 1. The topological polar surface area (TPSA) is 40.6 Å². The van der Waals surface area contributed by atoms with E-state index >= 15 is 0 Å². The van der Waals surface area contributed by atoms with Crippen LogP contribution in [0.15, 0.2) is 18.2 Å². The van der Waals surface area contributed by atoms with E-state index in [1.807, 2.05) is 24.1 Å². The maximum absolute atomic E-state index is 12.5. The van der Waals surface area contributed by atoms with E-state index in [1.54, 1.807) is 4.90 Å². The summed E-state index contributed by atoms with van der Waals surface area (Å²) in [6.45, 7) is 4.00. The Bertz CT molecular complexity index is 597. The lowest BCUT2D eigenvalue weighted by Crippen LogP contribution is -2.40. The van der Waals surface area contributed by atoms with Crippen LogP contribution in [0, 0.1) is 5.92 Å². The summed E-state index contributed by atoms with van der Waals surface area (Å²) in [6, 6.07) is 6.07. The molecule has 2 heterocycles. The molecule has 0 aliphatic carbocycles. The summed E-state index contributed by atoms with van der Waals surface area (Å²) in [4.78, 5) is 27.9. The van der Waals surface area contributed by atoms with E-state index in [9.17, 15) is 9.59 Å². The molecule has 0 N–H and O–H groups in total. The Balaban J connectivity index is 1.71. The van der Waals surface area contributed by atoms with Crippen molar-refractivity contribution in [3.05, 3.63) is 29.3 Å². The summed E-state index contributed by atoms with van der Waals surface area (Å²) in [5, 5.41) is 0. The van der Waals surface area contributed by atoms with Crippen LogP contribution in [-0.4, -0.2) is 36.9 Å². The largest absolute Gasteiger partial charge is 0.342 e. The van der Waals surface area contributed by atoms with Crippen LogP contribution >= 0.6 is 0 Å². The summed E-state index contributed by atoms with van der Waals surface area (Å²) in [7, 11) is 1.82. The predicted octanol–water partition coefficient (Wildman–Crippen LogP) is 2.40. The molecule has 2 aliphatic rings. The molecule has 0 saturated carbocycles. The molecular formula is C18H24N2O2. The van der Waals surface area contributed by atoms with E-state index in [-0.39, 0.29) is 11.8 Å². The van der Waals surface area contributed by atoms with Crippen molar-refractivity contribution < 1.29 is 9.59 Å². The van der Waals surface area contributed by atoms with Gasteiger partial charge in [-0.1, -0.05) is 19.1 Å². The lowest BCUT2D eigenvalue weighted by Gasteiger charge is -2.31. The first kappa shape index (κ1) is 15.1. The van der Waals surface area contributed by atoms with Gasteiger partial charge < -0.3 is 9.80 Å². The maximum Gasteiger partial charge on any atom is 0.227 e. The van der Waals surface area contributed by atoms with Gasteiger partial charge in [0.2, 0.25) is 11.8 Å². The number of rotatable bonds is 2. The van der Waals surface area contributed by atoms with Gasteiger partial charge in [-0.2, -0.15) is 0 Å². The molecule has 4 nitrogen and oxygen atoms in total. The van der Waals surface area contributed by atoms with Crippen LogP contribution in [0.3, 0.4) is 0 Å². The molecule has 1 aromatic carbocycles. The van der Waals surface area contributed by atoms with Crippen molar-refractivity contribution in [1.82, 2.24) is 4.90 Å². The Labute approximate surface area is 132 Å². The Morgan fingerprint density at radius 2 is 2.14 bits per heavy atom. The number of likely N-dealkylation sites (tertiary alicyclic amines) is 1. The van der Waals surface area contributed by atoms with Gasteiger partial charge in [0.1, 0.15) is 0 Å². The summed E-state index contributed by atoms with van der Waals surface area (Å²) < 4.78 is 0. The third-order valence-electron chi connectivity index (χ3n) is 4.85. The van der Waals surface area contributed by atoms with Crippen molar-refractivity contribution in [2.45, 2.75) is 39.0 Å². The molecule has 0 spiro atoms. The monoisotopic (exact) mass is 300 g/mol. The van der Waals surface area contributed by atoms with E-state index in [2.05, 4.69) is 13.0 Å². The van der Waals surface area contributed by atoms with Gasteiger partial charge in [0, 0.05) is 32.2 Å².